The molecule has 0 heterocycles. The molecule has 0 saturated heterocycles. The van der Waals surface area contributed by atoms with E-state index in [0.717, 1.165) is 48.5 Å². The van der Waals surface area contributed by atoms with Gasteiger partial charge in [-0.15, -0.1) is 0 Å². The van der Waals surface area contributed by atoms with Crippen LogP contribution in [0.15, 0.2) is 103 Å². The predicted molar refractivity (Wildman–Crippen MR) is 149 cm³/mol. The van der Waals surface area contributed by atoms with Crippen molar-refractivity contribution < 1.29 is 40.0 Å². The zero-order valence-electron chi connectivity index (χ0n) is 22.4. The monoisotopic (exact) mass is 585 g/mol. The molecule has 42 heavy (non-hydrogen) atoms. The van der Waals surface area contributed by atoms with Crippen molar-refractivity contribution in [2.75, 3.05) is 14.1 Å². The van der Waals surface area contributed by atoms with E-state index < -0.39 is 74.5 Å². The highest BCUT2D eigenvalue weighted by atomic mass is 19.2. The van der Waals surface area contributed by atoms with Gasteiger partial charge < -0.3 is 4.90 Å². The van der Waals surface area contributed by atoms with Crippen molar-refractivity contribution >= 4 is 33.7 Å². The normalized spacial score (nSPS) is 11.3. The molecule has 0 amide bonds. The summed E-state index contributed by atoms with van der Waals surface area (Å²) < 4.78 is 118. The number of halogens is 8. The minimum absolute atomic E-state index is 0.700. The number of para-hydroxylation sites is 1. The maximum absolute atomic E-state index is 15.2. The molecular weight excluding hydrogens is 561 g/mol. The highest BCUT2D eigenvalue weighted by molar-refractivity contribution is 7.20. The SMILES string of the molecule is C[NH+](C)c1ccccc1.Fc1cccc([B-](c2cccc(F)c2F)(c2cccc(F)c2F)c2cccc(F)c2F)c1F. The minimum atomic E-state index is -3.85. The second-order valence-corrected chi connectivity index (χ2v) is 9.80. The van der Waals surface area contributed by atoms with Crippen molar-refractivity contribution in [2.24, 2.45) is 0 Å². The van der Waals surface area contributed by atoms with Gasteiger partial charge in [-0.1, -0.05) is 66.7 Å². The Hall–Kier alpha value is -4.44. The van der Waals surface area contributed by atoms with Gasteiger partial charge >= 0.3 is 0 Å². The van der Waals surface area contributed by atoms with E-state index in [-0.39, 0.29) is 0 Å². The van der Waals surface area contributed by atoms with Crippen molar-refractivity contribution in [3.63, 3.8) is 0 Å². The Labute approximate surface area is 237 Å². The van der Waals surface area contributed by atoms with Gasteiger partial charge in [-0.05, 0) is 36.4 Å². The number of hydrogen-bond donors (Lipinski definition) is 1. The van der Waals surface area contributed by atoms with E-state index >= 15 is 17.6 Å². The van der Waals surface area contributed by atoms with Crippen molar-refractivity contribution in [2.45, 2.75) is 0 Å². The van der Waals surface area contributed by atoms with Crippen LogP contribution < -0.4 is 26.8 Å². The lowest BCUT2D eigenvalue weighted by molar-refractivity contribution is -0.786. The molecule has 1 nitrogen and oxygen atoms in total. The molecule has 216 valence electrons. The van der Waals surface area contributed by atoms with E-state index in [9.17, 15) is 17.6 Å². The first-order valence-corrected chi connectivity index (χ1v) is 12.8. The lowest BCUT2D eigenvalue weighted by Crippen LogP contribution is -3.00. The Bertz CT molecular complexity index is 1500. The number of rotatable bonds is 5. The van der Waals surface area contributed by atoms with Gasteiger partial charge in [0.15, 0.2) is 23.3 Å². The van der Waals surface area contributed by atoms with E-state index in [1.807, 2.05) is 6.07 Å². The largest absolute Gasteiger partial charge is 0.307 e. The zero-order valence-corrected chi connectivity index (χ0v) is 22.4. The van der Waals surface area contributed by atoms with Crippen LogP contribution in [-0.2, 0) is 0 Å². The maximum Gasteiger partial charge on any atom is 0.155 e. The average Bonchev–Trinajstić information content (AvgIpc) is 2.98. The van der Waals surface area contributed by atoms with Gasteiger partial charge in [0.05, 0.1) is 14.1 Å². The quantitative estimate of drug-likeness (QED) is 0.227. The summed E-state index contributed by atoms with van der Waals surface area (Å²) >= 11 is 0. The van der Waals surface area contributed by atoms with Crippen LogP contribution in [0.1, 0.15) is 0 Å². The first-order valence-electron chi connectivity index (χ1n) is 12.8. The highest BCUT2D eigenvalue weighted by Crippen LogP contribution is 2.20. The van der Waals surface area contributed by atoms with E-state index in [2.05, 4.69) is 38.4 Å². The van der Waals surface area contributed by atoms with Crippen LogP contribution in [0.4, 0.5) is 40.8 Å². The van der Waals surface area contributed by atoms with Gasteiger partial charge in [-0.3, -0.25) is 0 Å². The highest BCUT2D eigenvalue weighted by Gasteiger charge is 2.41. The first kappa shape index (κ1) is 30.5. The Morgan fingerprint density at radius 3 is 0.905 bits per heavy atom. The van der Waals surface area contributed by atoms with Crippen molar-refractivity contribution in [1.82, 2.24) is 0 Å². The molecule has 10 heteroatoms. The summed E-state index contributed by atoms with van der Waals surface area (Å²) in [5, 5.41) is 0. The molecule has 0 bridgehead atoms. The molecule has 0 fully saturated rings. The minimum Gasteiger partial charge on any atom is -0.307 e. The van der Waals surface area contributed by atoms with Crippen LogP contribution in [0.25, 0.3) is 0 Å². The van der Waals surface area contributed by atoms with Gasteiger partial charge in [0.25, 0.3) is 0 Å². The summed E-state index contributed by atoms with van der Waals surface area (Å²) in [6.45, 7) is 0. The van der Waals surface area contributed by atoms with E-state index in [4.69, 9.17) is 0 Å². The molecule has 0 aliphatic carbocycles. The van der Waals surface area contributed by atoms with Crippen LogP contribution in [0.5, 0.6) is 0 Å². The lowest BCUT2D eigenvalue weighted by atomic mass is 9.12. The smallest absolute Gasteiger partial charge is 0.155 e. The molecule has 0 spiro atoms. The fraction of sp³-hybridized carbons (Fsp3) is 0.0625. The van der Waals surface area contributed by atoms with E-state index in [1.54, 1.807) is 0 Å². The Balaban J connectivity index is 0.000000385. The van der Waals surface area contributed by atoms with Crippen LogP contribution in [-0.4, -0.2) is 20.2 Å². The predicted octanol–water partition coefficient (Wildman–Crippen LogP) is 4.64. The third kappa shape index (κ3) is 5.54. The summed E-state index contributed by atoms with van der Waals surface area (Å²) in [6, 6.07) is 20.7. The van der Waals surface area contributed by atoms with Crippen molar-refractivity contribution in [1.29, 1.82) is 0 Å². The molecular formula is C32H24BF8N. The Morgan fingerprint density at radius 1 is 0.381 bits per heavy atom. The van der Waals surface area contributed by atoms with Gasteiger partial charge in [-0.2, -0.15) is 21.9 Å². The van der Waals surface area contributed by atoms with Crippen molar-refractivity contribution in [3.05, 3.63) is 150 Å². The third-order valence-electron chi connectivity index (χ3n) is 7.14. The molecule has 0 aliphatic heterocycles. The molecule has 0 atom stereocenters. The van der Waals surface area contributed by atoms with Crippen molar-refractivity contribution in [3.8, 4) is 0 Å². The number of hydrogen-bond acceptors (Lipinski definition) is 0. The number of benzene rings is 5. The van der Waals surface area contributed by atoms with E-state index in [0.29, 0.717) is 24.3 Å². The zero-order chi connectivity index (χ0) is 30.6. The van der Waals surface area contributed by atoms with Crippen LogP contribution in [0.2, 0.25) is 0 Å². The molecule has 0 aromatic heterocycles. The summed E-state index contributed by atoms with van der Waals surface area (Å²) in [5.41, 5.74) is -1.97. The van der Waals surface area contributed by atoms with E-state index in [1.165, 1.54) is 10.6 Å². The molecule has 1 N–H and O–H groups in total. The van der Waals surface area contributed by atoms with Gasteiger partial charge in [0.1, 0.15) is 35.1 Å². The Kier molecular flexibility index (Phi) is 9.16. The maximum atomic E-state index is 15.2. The molecule has 5 aromatic carbocycles. The molecule has 0 aliphatic rings. The summed E-state index contributed by atoms with van der Waals surface area (Å²) in [7, 11) is 4.24. The summed E-state index contributed by atoms with van der Waals surface area (Å²) in [5.74, 6) is -12.5. The van der Waals surface area contributed by atoms with Crippen LogP contribution >= 0.6 is 0 Å². The average molecular weight is 585 g/mol. The fourth-order valence-corrected chi connectivity index (χ4v) is 5.20. The summed E-state index contributed by atoms with van der Waals surface area (Å²) in [6.07, 6.45) is -3.85. The molecule has 5 aromatic rings. The van der Waals surface area contributed by atoms with Gasteiger partial charge in [0.2, 0.25) is 0 Å². The third-order valence-corrected chi connectivity index (χ3v) is 7.14. The standard InChI is InChI=1S/C24H12BF8.C8H11N/c26-17-9-1-5-13(21(17)30)25(14-6-2-10-18(27)22(14)31,15-7-3-11-19(28)23(15)32)16-8-4-12-20(29)24(16)33;1-9(2)8-6-4-3-5-7-8/h1-12H;3-7H,1-2H3/q-1;/p+1. The second-order valence-electron chi connectivity index (χ2n) is 9.80. The second kappa shape index (κ2) is 12.6. The topological polar surface area (TPSA) is 4.44 Å². The van der Waals surface area contributed by atoms with Crippen LogP contribution in [0.3, 0.4) is 0 Å². The molecule has 0 unspecified atom stereocenters. The Morgan fingerprint density at radius 2 is 0.667 bits per heavy atom. The van der Waals surface area contributed by atoms with Gasteiger partial charge in [-0.25, -0.2) is 35.1 Å². The molecule has 0 saturated carbocycles. The van der Waals surface area contributed by atoms with Crippen LogP contribution in [0, 0.1) is 46.5 Å². The number of nitrogens with one attached hydrogen (secondary N) is 1. The molecule has 5 rings (SSSR count). The lowest BCUT2D eigenvalue weighted by Gasteiger charge is -2.44. The summed E-state index contributed by atoms with van der Waals surface area (Å²) in [4.78, 5) is 1.37. The van der Waals surface area contributed by atoms with Gasteiger partial charge in [0, 0.05) is 0 Å². The number of quaternary nitrogens is 1. The molecule has 0 radical (unpaired) electrons. The fourth-order valence-electron chi connectivity index (χ4n) is 5.20. The first-order chi connectivity index (χ1) is 20.0.